The van der Waals surface area contributed by atoms with Gasteiger partial charge in [-0.1, -0.05) is 13.3 Å². The molecule has 2 unspecified atom stereocenters. The van der Waals surface area contributed by atoms with Gasteiger partial charge in [-0.15, -0.1) is 0 Å². The molecule has 0 amide bonds. The van der Waals surface area contributed by atoms with Gasteiger partial charge in [0.05, 0.1) is 5.69 Å². The second kappa shape index (κ2) is 4.35. The van der Waals surface area contributed by atoms with E-state index in [1.54, 1.807) is 0 Å². The number of hydrogen-bond donors (Lipinski definition) is 1. The van der Waals surface area contributed by atoms with Gasteiger partial charge in [0, 0.05) is 31.2 Å². The molecule has 0 bridgehead atoms. The molecule has 4 nitrogen and oxygen atoms in total. The summed E-state index contributed by atoms with van der Waals surface area (Å²) < 4.78 is 1.84. The molecule has 96 valence electrons. The summed E-state index contributed by atoms with van der Waals surface area (Å²) in [5.41, 5.74) is 3.27. The highest BCUT2D eigenvalue weighted by Gasteiger charge is 2.34. The Morgan fingerprint density at radius 1 is 1.50 bits per heavy atom. The van der Waals surface area contributed by atoms with Crippen molar-refractivity contribution < 1.29 is 0 Å². The van der Waals surface area contributed by atoms with Crippen molar-refractivity contribution in [2.75, 3.05) is 0 Å². The quantitative estimate of drug-likeness (QED) is 0.896. The second-order valence-corrected chi connectivity index (χ2v) is 5.32. The molecule has 3 rings (SSSR count). The van der Waals surface area contributed by atoms with E-state index in [1.807, 2.05) is 24.9 Å². The van der Waals surface area contributed by atoms with Gasteiger partial charge in [0.15, 0.2) is 5.65 Å². The minimum Gasteiger partial charge on any atom is -0.310 e. The van der Waals surface area contributed by atoms with Crippen molar-refractivity contribution in [1.82, 2.24) is 20.1 Å². The predicted octanol–water partition coefficient (Wildman–Crippen LogP) is 2.16. The van der Waals surface area contributed by atoms with Crippen LogP contribution in [0, 0.1) is 12.8 Å². The van der Waals surface area contributed by atoms with E-state index in [0.717, 1.165) is 29.8 Å². The van der Waals surface area contributed by atoms with Gasteiger partial charge in [-0.3, -0.25) is 4.68 Å². The lowest BCUT2D eigenvalue weighted by atomic mass is 10.2. The minimum atomic E-state index is 0.723. The fourth-order valence-corrected chi connectivity index (χ4v) is 2.65. The van der Waals surface area contributed by atoms with Crippen LogP contribution in [0.1, 0.15) is 31.0 Å². The Hall–Kier alpha value is -1.42. The summed E-state index contributed by atoms with van der Waals surface area (Å²) in [4.78, 5) is 4.50. The summed E-state index contributed by atoms with van der Waals surface area (Å²) in [5.74, 6) is 0.891. The molecule has 0 saturated heterocycles. The molecule has 18 heavy (non-hydrogen) atoms. The number of rotatable bonds is 4. The van der Waals surface area contributed by atoms with Crippen LogP contribution in [-0.2, 0) is 13.6 Å². The molecule has 1 fully saturated rings. The molecule has 2 aromatic heterocycles. The van der Waals surface area contributed by atoms with Crippen LogP contribution in [0.2, 0.25) is 0 Å². The minimum absolute atomic E-state index is 0.723. The number of nitrogens with one attached hydrogen (secondary N) is 1. The Kier molecular flexibility index (Phi) is 2.82. The van der Waals surface area contributed by atoms with E-state index in [9.17, 15) is 0 Å². The molecule has 0 radical (unpaired) electrons. The first-order chi connectivity index (χ1) is 8.69. The molecule has 2 atom stereocenters. The topological polar surface area (TPSA) is 42.7 Å². The van der Waals surface area contributed by atoms with Gasteiger partial charge in [0.2, 0.25) is 0 Å². The van der Waals surface area contributed by atoms with E-state index in [0.29, 0.717) is 0 Å². The second-order valence-electron chi connectivity index (χ2n) is 5.32. The number of aryl methyl sites for hydroxylation is 2. The summed E-state index contributed by atoms with van der Waals surface area (Å²) in [6.45, 7) is 5.21. The molecule has 2 aromatic rings. The van der Waals surface area contributed by atoms with Gasteiger partial charge in [-0.05, 0) is 30.9 Å². The molecule has 0 aliphatic heterocycles. The van der Waals surface area contributed by atoms with Crippen LogP contribution in [0.3, 0.4) is 0 Å². The Labute approximate surface area is 107 Å². The monoisotopic (exact) mass is 244 g/mol. The molecule has 1 N–H and O–H groups in total. The van der Waals surface area contributed by atoms with Crippen LogP contribution in [0.4, 0.5) is 0 Å². The number of nitrogens with zero attached hydrogens (tertiary/aromatic N) is 3. The van der Waals surface area contributed by atoms with Crippen LogP contribution < -0.4 is 5.32 Å². The lowest BCUT2D eigenvalue weighted by Gasteiger charge is -2.04. The molecule has 1 aliphatic carbocycles. The van der Waals surface area contributed by atoms with E-state index >= 15 is 0 Å². The van der Waals surface area contributed by atoms with E-state index in [4.69, 9.17) is 0 Å². The average molecular weight is 244 g/mol. The van der Waals surface area contributed by atoms with Crippen LogP contribution in [-0.4, -0.2) is 20.8 Å². The summed E-state index contributed by atoms with van der Waals surface area (Å²) in [6, 6.07) is 2.93. The van der Waals surface area contributed by atoms with Crippen molar-refractivity contribution in [3.63, 3.8) is 0 Å². The SMILES string of the molecule is CCC1CC1NCc1cnc2c(c1)c(C)nn2C. The zero-order valence-electron chi connectivity index (χ0n) is 11.3. The molecule has 1 saturated carbocycles. The van der Waals surface area contributed by atoms with Gasteiger partial charge in [0.25, 0.3) is 0 Å². The van der Waals surface area contributed by atoms with E-state index < -0.39 is 0 Å². The third-order valence-electron chi connectivity index (χ3n) is 3.93. The lowest BCUT2D eigenvalue weighted by Crippen LogP contribution is -2.17. The molecular formula is C14H20N4. The Morgan fingerprint density at radius 3 is 3.06 bits per heavy atom. The van der Waals surface area contributed by atoms with Gasteiger partial charge in [-0.2, -0.15) is 5.10 Å². The summed E-state index contributed by atoms with van der Waals surface area (Å²) in [7, 11) is 1.94. The smallest absolute Gasteiger partial charge is 0.157 e. The fraction of sp³-hybridized carbons (Fsp3) is 0.571. The molecule has 0 aromatic carbocycles. The number of aromatic nitrogens is 3. The van der Waals surface area contributed by atoms with Crippen LogP contribution in [0.15, 0.2) is 12.3 Å². The maximum absolute atomic E-state index is 4.50. The lowest BCUT2D eigenvalue weighted by molar-refractivity contribution is 0.622. The third kappa shape index (κ3) is 2.01. The molecule has 2 heterocycles. The van der Waals surface area contributed by atoms with Crippen molar-refractivity contribution in [3.05, 3.63) is 23.5 Å². The van der Waals surface area contributed by atoms with Crippen LogP contribution in [0.25, 0.3) is 11.0 Å². The van der Waals surface area contributed by atoms with Gasteiger partial charge in [0.1, 0.15) is 0 Å². The maximum atomic E-state index is 4.50. The van der Waals surface area contributed by atoms with Crippen LogP contribution in [0.5, 0.6) is 0 Å². The van der Waals surface area contributed by atoms with Crippen molar-refractivity contribution in [3.8, 4) is 0 Å². The largest absolute Gasteiger partial charge is 0.310 e. The van der Waals surface area contributed by atoms with E-state index in [-0.39, 0.29) is 0 Å². The van der Waals surface area contributed by atoms with Crippen LogP contribution >= 0.6 is 0 Å². The van der Waals surface area contributed by atoms with Crippen molar-refractivity contribution in [2.24, 2.45) is 13.0 Å². The Balaban J connectivity index is 1.75. The first-order valence-electron chi connectivity index (χ1n) is 6.70. The first-order valence-corrected chi connectivity index (χ1v) is 6.70. The highest BCUT2D eigenvalue weighted by atomic mass is 15.3. The van der Waals surface area contributed by atoms with E-state index in [1.165, 1.54) is 23.8 Å². The maximum Gasteiger partial charge on any atom is 0.157 e. The molecule has 1 aliphatic rings. The normalized spacial score (nSPS) is 22.6. The number of hydrogen-bond acceptors (Lipinski definition) is 3. The third-order valence-corrected chi connectivity index (χ3v) is 3.93. The molecular weight excluding hydrogens is 224 g/mol. The average Bonchev–Trinajstić information content (AvgIpc) is 3.08. The standard InChI is InChI=1S/C14H20N4/c1-4-11-6-13(11)15-7-10-5-12-9(2)17-18(3)14(12)16-8-10/h5,8,11,13,15H,4,6-7H2,1-3H3. The van der Waals surface area contributed by atoms with Crippen molar-refractivity contribution in [1.29, 1.82) is 0 Å². The Bertz CT molecular complexity index is 572. The van der Waals surface area contributed by atoms with Crippen molar-refractivity contribution >= 4 is 11.0 Å². The Morgan fingerprint density at radius 2 is 2.33 bits per heavy atom. The van der Waals surface area contributed by atoms with Crippen molar-refractivity contribution in [2.45, 2.75) is 39.3 Å². The molecule has 0 spiro atoms. The molecule has 4 heteroatoms. The van der Waals surface area contributed by atoms with Gasteiger partial charge in [-0.25, -0.2) is 4.98 Å². The highest BCUT2D eigenvalue weighted by molar-refractivity contribution is 5.78. The predicted molar refractivity (Wildman–Crippen MR) is 72.3 cm³/mol. The van der Waals surface area contributed by atoms with E-state index in [2.05, 4.69) is 28.4 Å². The highest BCUT2D eigenvalue weighted by Crippen LogP contribution is 2.33. The van der Waals surface area contributed by atoms with Gasteiger partial charge >= 0.3 is 0 Å². The summed E-state index contributed by atoms with van der Waals surface area (Å²) >= 11 is 0. The number of pyridine rings is 1. The summed E-state index contributed by atoms with van der Waals surface area (Å²) in [6.07, 6.45) is 4.58. The fourth-order valence-electron chi connectivity index (χ4n) is 2.65. The zero-order chi connectivity index (χ0) is 12.7. The zero-order valence-corrected chi connectivity index (χ0v) is 11.3. The summed E-state index contributed by atoms with van der Waals surface area (Å²) in [5, 5.41) is 9.16. The number of fused-ring (bicyclic) bond motifs is 1. The first kappa shape index (κ1) is 11.7. The van der Waals surface area contributed by atoms with Gasteiger partial charge < -0.3 is 5.32 Å².